The molecule has 4 heterocycles. The molecule has 4 aliphatic rings. The third kappa shape index (κ3) is 3.74. The van der Waals surface area contributed by atoms with Gasteiger partial charge in [0.25, 0.3) is 0 Å². The number of carbonyl (C=O) groups is 2. The number of nitrogens with one attached hydrogen (secondary N) is 1. The molecule has 4 rings (SSSR count). The first kappa shape index (κ1) is 14.8. The molecule has 1 unspecified atom stereocenters. The molecule has 4 aliphatic heterocycles. The first-order valence-corrected chi connectivity index (χ1v) is 8.09. The summed E-state index contributed by atoms with van der Waals surface area (Å²) in [6.45, 7) is 4.96. The molecule has 0 aromatic rings. The van der Waals surface area contributed by atoms with Gasteiger partial charge in [0, 0.05) is 25.7 Å². The minimum atomic E-state index is -0.0945. The average Bonchev–Trinajstić information content (AvgIpc) is 3.02. The van der Waals surface area contributed by atoms with Crippen LogP contribution in [0.5, 0.6) is 0 Å². The van der Waals surface area contributed by atoms with Crippen molar-refractivity contribution in [2.75, 3.05) is 45.9 Å². The fourth-order valence-corrected chi connectivity index (χ4v) is 3.67. The van der Waals surface area contributed by atoms with Gasteiger partial charge in [0.2, 0.25) is 11.8 Å². The molecule has 1 atom stereocenters. The largest absolute Gasteiger partial charge is 0.362 e. The van der Waals surface area contributed by atoms with Crippen molar-refractivity contribution in [2.24, 2.45) is 5.92 Å². The molecule has 6 nitrogen and oxygen atoms in total. The van der Waals surface area contributed by atoms with E-state index in [1.807, 2.05) is 4.90 Å². The molecule has 21 heavy (non-hydrogen) atoms. The summed E-state index contributed by atoms with van der Waals surface area (Å²) in [4.78, 5) is 27.9. The maximum Gasteiger partial charge on any atom is 0.248 e. The first-order chi connectivity index (χ1) is 10.2. The average molecular weight is 295 g/mol. The second-order valence-corrected chi connectivity index (χ2v) is 6.39. The zero-order chi connectivity index (χ0) is 14.7. The molecule has 0 spiro atoms. The van der Waals surface area contributed by atoms with Crippen LogP contribution in [0, 0.1) is 5.92 Å². The molecule has 4 fully saturated rings. The standard InChI is InChI=1S/C15H25N3O3/c19-14(10-21-11-15(20)18-5-1-2-6-18)16-13-9-17-7-3-12(13)4-8-17/h12-13H,1-11H2,(H,16,19). The van der Waals surface area contributed by atoms with E-state index < -0.39 is 0 Å². The number of amides is 2. The van der Waals surface area contributed by atoms with Gasteiger partial charge in [-0.2, -0.15) is 0 Å². The van der Waals surface area contributed by atoms with Gasteiger partial charge in [-0.3, -0.25) is 9.59 Å². The van der Waals surface area contributed by atoms with Crippen molar-refractivity contribution in [1.29, 1.82) is 0 Å². The van der Waals surface area contributed by atoms with E-state index in [-0.39, 0.29) is 31.1 Å². The van der Waals surface area contributed by atoms with E-state index in [4.69, 9.17) is 4.74 Å². The molecule has 0 aliphatic carbocycles. The van der Waals surface area contributed by atoms with Crippen molar-refractivity contribution in [3.63, 3.8) is 0 Å². The number of hydrogen-bond donors (Lipinski definition) is 1. The van der Waals surface area contributed by atoms with Crippen LogP contribution in [0.15, 0.2) is 0 Å². The van der Waals surface area contributed by atoms with E-state index in [9.17, 15) is 9.59 Å². The predicted molar refractivity (Wildman–Crippen MR) is 77.7 cm³/mol. The van der Waals surface area contributed by atoms with Crippen LogP contribution in [-0.4, -0.2) is 73.6 Å². The zero-order valence-corrected chi connectivity index (χ0v) is 12.6. The quantitative estimate of drug-likeness (QED) is 0.765. The summed E-state index contributed by atoms with van der Waals surface area (Å²) >= 11 is 0. The Morgan fingerprint density at radius 3 is 2.38 bits per heavy atom. The van der Waals surface area contributed by atoms with Crippen molar-refractivity contribution in [1.82, 2.24) is 15.1 Å². The number of piperidine rings is 3. The summed E-state index contributed by atoms with van der Waals surface area (Å²) in [5, 5.41) is 3.06. The Morgan fingerprint density at radius 1 is 1.05 bits per heavy atom. The Hall–Kier alpha value is -1.14. The molecule has 4 saturated heterocycles. The second-order valence-electron chi connectivity index (χ2n) is 6.39. The molecule has 0 aromatic heterocycles. The summed E-state index contributed by atoms with van der Waals surface area (Å²) in [5.74, 6) is 0.524. The highest BCUT2D eigenvalue weighted by atomic mass is 16.5. The SMILES string of the molecule is O=C(COCC(=O)N1CCCC1)NC1CN2CCC1CC2. The number of carbonyl (C=O) groups excluding carboxylic acids is 2. The van der Waals surface area contributed by atoms with Gasteiger partial charge >= 0.3 is 0 Å². The summed E-state index contributed by atoms with van der Waals surface area (Å²) in [6.07, 6.45) is 4.51. The molecule has 2 bridgehead atoms. The van der Waals surface area contributed by atoms with E-state index >= 15 is 0 Å². The lowest BCUT2D eigenvalue weighted by Gasteiger charge is -2.44. The van der Waals surface area contributed by atoms with Gasteiger partial charge in [0.1, 0.15) is 13.2 Å². The van der Waals surface area contributed by atoms with Crippen LogP contribution in [0.4, 0.5) is 0 Å². The van der Waals surface area contributed by atoms with Gasteiger partial charge in [-0.15, -0.1) is 0 Å². The summed E-state index contributed by atoms with van der Waals surface area (Å²) < 4.78 is 5.27. The van der Waals surface area contributed by atoms with Crippen LogP contribution in [0.3, 0.4) is 0 Å². The number of fused-ring (bicyclic) bond motifs is 3. The second kappa shape index (κ2) is 6.75. The van der Waals surface area contributed by atoms with Gasteiger partial charge in [0.05, 0.1) is 0 Å². The van der Waals surface area contributed by atoms with Gasteiger partial charge in [0.15, 0.2) is 0 Å². The van der Waals surface area contributed by atoms with Crippen LogP contribution in [0.2, 0.25) is 0 Å². The third-order valence-electron chi connectivity index (χ3n) is 4.92. The molecule has 0 radical (unpaired) electrons. The number of likely N-dealkylation sites (tertiary alicyclic amines) is 1. The Bertz CT molecular complexity index is 388. The normalized spacial score (nSPS) is 31.4. The maximum atomic E-state index is 11.9. The lowest BCUT2D eigenvalue weighted by Crippen LogP contribution is -2.57. The van der Waals surface area contributed by atoms with Gasteiger partial charge in [-0.05, 0) is 44.7 Å². The Labute approximate surface area is 125 Å². The fourth-order valence-electron chi connectivity index (χ4n) is 3.67. The summed E-state index contributed by atoms with van der Waals surface area (Å²) in [7, 11) is 0. The molecular formula is C15H25N3O3. The fraction of sp³-hybridized carbons (Fsp3) is 0.867. The van der Waals surface area contributed by atoms with Crippen LogP contribution >= 0.6 is 0 Å². The van der Waals surface area contributed by atoms with Gasteiger partial charge in [-0.1, -0.05) is 0 Å². The molecule has 2 amide bonds. The van der Waals surface area contributed by atoms with Gasteiger partial charge in [-0.25, -0.2) is 0 Å². The summed E-state index contributed by atoms with van der Waals surface area (Å²) in [5.41, 5.74) is 0. The van der Waals surface area contributed by atoms with E-state index in [1.165, 1.54) is 12.8 Å². The van der Waals surface area contributed by atoms with Gasteiger partial charge < -0.3 is 19.9 Å². The van der Waals surface area contributed by atoms with Crippen molar-refractivity contribution < 1.29 is 14.3 Å². The number of rotatable bonds is 5. The summed E-state index contributed by atoms with van der Waals surface area (Å²) in [6, 6.07) is 0.262. The number of hydrogen-bond acceptors (Lipinski definition) is 4. The van der Waals surface area contributed by atoms with Crippen molar-refractivity contribution >= 4 is 11.8 Å². The van der Waals surface area contributed by atoms with Crippen LogP contribution < -0.4 is 5.32 Å². The zero-order valence-electron chi connectivity index (χ0n) is 12.6. The molecule has 0 aromatic carbocycles. The number of nitrogens with zero attached hydrogens (tertiary/aromatic N) is 2. The monoisotopic (exact) mass is 295 g/mol. The lowest BCUT2D eigenvalue weighted by atomic mass is 9.84. The Balaban J connectivity index is 1.34. The molecular weight excluding hydrogens is 270 g/mol. The van der Waals surface area contributed by atoms with E-state index in [1.54, 1.807) is 0 Å². The van der Waals surface area contributed by atoms with E-state index in [0.29, 0.717) is 5.92 Å². The highest BCUT2D eigenvalue weighted by Crippen LogP contribution is 2.27. The molecule has 0 saturated carbocycles. The Kier molecular flexibility index (Phi) is 4.75. The van der Waals surface area contributed by atoms with E-state index in [0.717, 1.165) is 45.6 Å². The minimum Gasteiger partial charge on any atom is -0.362 e. The minimum absolute atomic E-state index is 0.00290. The highest BCUT2D eigenvalue weighted by molar-refractivity contribution is 5.80. The smallest absolute Gasteiger partial charge is 0.248 e. The lowest BCUT2D eigenvalue weighted by molar-refractivity contribution is -0.137. The van der Waals surface area contributed by atoms with Crippen LogP contribution in [0.1, 0.15) is 25.7 Å². The third-order valence-corrected chi connectivity index (χ3v) is 4.92. The molecule has 1 N–H and O–H groups in total. The van der Waals surface area contributed by atoms with Crippen molar-refractivity contribution in [2.45, 2.75) is 31.7 Å². The van der Waals surface area contributed by atoms with Crippen LogP contribution in [0.25, 0.3) is 0 Å². The first-order valence-electron chi connectivity index (χ1n) is 8.09. The molecule has 6 heteroatoms. The topological polar surface area (TPSA) is 61.9 Å². The molecule has 118 valence electrons. The van der Waals surface area contributed by atoms with Crippen molar-refractivity contribution in [3.05, 3.63) is 0 Å². The van der Waals surface area contributed by atoms with Crippen LogP contribution in [-0.2, 0) is 14.3 Å². The number of ether oxygens (including phenoxy) is 1. The maximum absolute atomic E-state index is 11.9. The van der Waals surface area contributed by atoms with E-state index in [2.05, 4.69) is 10.2 Å². The Morgan fingerprint density at radius 2 is 1.76 bits per heavy atom. The predicted octanol–water partition coefficient (Wildman–Crippen LogP) is -0.164. The van der Waals surface area contributed by atoms with Crippen molar-refractivity contribution in [3.8, 4) is 0 Å². The highest BCUT2D eigenvalue weighted by Gasteiger charge is 2.34.